The molecule has 27 heavy (non-hydrogen) atoms. The molecule has 0 aliphatic heterocycles. The van der Waals surface area contributed by atoms with Gasteiger partial charge >= 0.3 is 0 Å². The number of halogens is 1. The molecular weight excluding hydrogens is 358 g/mol. The van der Waals surface area contributed by atoms with Crippen LogP contribution in [0, 0.1) is 5.92 Å². The summed E-state index contributed by atoms with van der Waals surface area (Å²) in [5.41, 5.74) is 5.70. The van der Waals surface area contributed by atoms with Crippen molar-refractivity contribution in [3.8, 4) is 5.75 Å². The van der Waals surface area contributed by atoms with E-state index in [9.17, 15) is 10.2 Å². The van der Waals surface area contributed by atoms with E-state index in [4.69, 9.17) is 0 Å². The number of benzene rings is 2. The van der Waals surface area contributed by atoms with Gasteiger partial charge in [0.25, 0.3) is 0 Å². The van der Waals surface area contributed by atoms with Crippen LogP contribution in [0.4, 0.5) is 0 Å². The molecule has 0 radical (unpaired) electrons. The molecule has 0 amide bonds. The predicted molar refractivity (Wildman–Crippen MR) is 115 cm³/mol. The second kappa shape index (κ2) is 9.75. The van der Waals surface area contributed by atoms with Crippen LogP contribution in [0.25, 0.3) is 11.6 Å². The largest absolute Gasteiger partial charge is 0.508 e. The molecule has 2 aromatic rings. The van der Waals surface area contributed by atoms with E-state index in [1.807, 2.05) is 30.3 Å². The monoisotopic (exact) mass is 385 g/mol. The van der Waals surface area contributed by atoms with Crippen molar-refractivity contribution in [3.63, 3.8) is 0 Å². The minimum atomic E-state index is 0. The van der Waals surface area contributed by atoms with Gasteiger partial charge in [0.1, 0.15) is 5.75 Å². The molecule has 0 spiro atoms. The number of phenolic OH excluding ortho intramolecular Hbond substituents is 1. The first-order valence-electron chi connectivity index (χ1n) is 9.11. The molecule has 1 aliphatic carbocycles. The Kier molecular flexibility index (Phi) is 7.66. The fourth-order valence-corrected chi connectivity index (χ4v) is 3.63. The lowest BCUT2D eigenvalue weighted by Crippen LogP contribution is -2.24. The van der Waals surface area contributed by atoms with Gasteiger partial charge in [-0.15, -0.1) is 12.4 Å². The van der Waals surface area contributed by atoms with E-state index in [1.54, 1.807) is 6.07 Å². The molecule has 3 nitrogen and oxygen atoms in total. The van der Waals surface area contributed by atoms with E-state index in [0.717, 1.165) is 36.1 Å². The van der Waals surface area contributed by atoms with Crippen LogP contribution in [-0.2, 0) is 6.61 Å². The normalized spacial score (nSPS) is 18.3. The maximum atomic E-state index is 9.89. The van der Waals surface area contributed by atoms with Crippen molar-refractivity contribution >= 4 is 24.1 Å². The smallest absolute Gasteiger partial charge is 0.116 e. The molecule has 0 saturated carbocycles. The van der Waals surface area contributed by atoms with Crippen molar-refractivity contribution in [2.45, 2.75) is 19.4 Å². The van der Waals surface area contributed by atoms with Crippen molar-refractivity contribution < 1.29 is 10.2 Å². The number of hydrogen-bond acceptors (Lipinski definition) is 3. The molecule has 0 saturated heterocycles. The molecule has 4 heteroatoms. The summed E-state index contributed by atoms with van der Waals surface area (Å²) in [5.74, 6) is 0.756. The minimum Gasteiger partial charge on any atom is -0.508 e. The molecular formula is C23H28ClNO2. The maximum Gasteiger partial charge on any atom is 0.116 e. The van der Waals surface area contributed by atoms with Crippen LogP contribution in [0.15, 0.2) is 60.2 Å². The van der Waals surface area contributed by atoms with Gasteiger partial charge in [0.2, 0.25) is 0 Å². The second-order valence-corrected chi connectivity index (χ2v) is 7.27. The first kappa shape index (κ1) is 21.2. The van der Waals surface area contributed by atoms with Crippen molar-refractivity contribution in [2.24, 2.45) is 5.92 Å². The number of aliphatic hydroxyl groups excluding tert-OH is 1. The number of hydrogen-bond donors (Lipinski definition) is 2. The number of rotatable bonds is 5. The first-order chi connectivity index (χ1) is 12.5. The van der Waals surface area contributed by atoms with Gasteiger partial charge < -0.3 is 15.1 Å². The average Bonchev–Trinajstić information content (AvgIpc) is 2.63. The van der Waals surface area contributed by atoms with E-state index in [0.29, 0.717) is 11.7 Å². The summed E-state index contributed by atoms with van der Waals surface area (Å²) >= 11 is 0. The third kappa shape index (κ3) is 5.70. The van der Waals surface area contributed by atoms with Crippen LogP contribution in [-0.4, -0.2) is 35.8 Å². The zero-order valence-corrected chi connectivity index (χ0v) is 16.7. The molecule has 144 valence electrons. The van der Waals surface area contributed by atoms with Gasteiger partial charge in [-0.05, 0) is 78.9 Å². The van der Waals surface area contributed by atoms with Crippen molar-refractivity contribution in [3.05, 3.63) is 76.9 Å². The molecule has 1 unspecified atom stereocenters. The van der Waals surface area contributed by atoms with Crippen LogP contribution >= 0.6 is 12.4 Å². The molecule has 3 rings (SSSR count). The number of phenols is 1. The average molecular weight is 386 g/mol. The fraction of sp³-hybridized carbons (Fsp3) is 0.304. The highest BCUT2D eigenvalue weighted by Crippen LogP contribution is 2.36. The lowest BCUT2D eigenvalue weighted by molar-refractivity contribution is 0.282. The van der Waals surface area contributed by atoms with Gasteiger partial charge in [0.05, 0.1) is 6.61 Å². The number of nitrogens with zero attached hydrogens (tertiary/aromatic N) is 1. The van der Waals surface area contributed by atoms with Gasteiger partial charge in [-0.1, -0.05) is 42.5 Å². The number of aromatic hydroxyl groups is 1. The molecule has 0 bridgehead atoms. The van der Waals surface area contributed by atoms with Crippen LogP contribution < -0.4 is 0 Å². The van der Waals surface area contributed by atoms with Gasteiger partial charge in [0.15, 0.2) is 0 Å². The summed E-state index contributed by atoms with van der Waals surface area (Å²) in [5, 5.41) is 19.2. The molecule has 1 atom stereocenters. The van der Waals surface area contributed by atoms with Crippen molar-refractivity contribution in [1.82, 2.24) is 4.90 Å². The maximum absolute atomic E-state index is 9.89. The van der Waals surface area contributed by atoms with Crippen LogP contribution in [0.3, 0.4) is 0 Å². The van der Waals surface area contributed by atoms with Gasteiger partial charge in [-0.25, -0.2) is 0 Å². The Hall–Kier alpha value is -2.07. The van der Waals surface area contributed by atoms with E-state index in [2.05, 4.69) is 43.3 Å². The Bertz CT molecular complexity index is 827. The standard InChI is InChI=1S/C23H27NO2.ClH/c1-24(2)15-21-10-9-18(11-17-5-3-6-19(12-17)16-25)13-23(21)20-7-4-8-22(26)14-20;/h3-8,11-14,21,25-26H,9-10,15-16H2,1-2H3;1H/b18-11+;. The summed E-state index contributed by atoms with van der Waals surface area (Å²) < 4.78 is 0. The SMILES string of the molecule is CN(C)CC1CC/C(=C\c2cccc(CO)c2)C=C1c1cccc(O)c1.Cl. The van der Waals surface area contributed by atoms with E-state index in [1.165, 1.54) is 11.1 Å². The summed E-state index contributed by atoms with van der Waals surface area (Å²) in [6.07, 6.45) is 6.60. The Balaban J connectivity index is 0.00000261. The quantitative estimate of drug-likeness (QED) is 0.780. The van der Waals surface area contributed by atoms with Crippen LogP contribution in [0.2, 0.25) is 0 Å². The lowest BCUT2D eigenvalue weighted by atomic mass is 9.81. The van der Waals surface area contributed by atoms with E-state index >= 15 is 0 Å². The summed E-state index contributed by atoms with van der Waals surface area (Å²) in [7, 11) is 4.21. The van der Waals surface area contributed by atoms with E-state index < -0.39 is 0 Å². The van der Waals surface area contributed by atoms with Crippen molar-refractivity contribution in [2.75, 3.05) is 20.6 Å². The van der Waals surface area contributed by atoms with Crippen LogP contribution in [0.5, 0.6) is 5.75 Å². The highest BCUT2D eigenvalue weighted by Gasteiger charge is 2.22. The Morgan fingerprint density at radius 1 is 1.11 bits per heavy atom. The number of aliphatic hydroxyl groups is 1. The van der Waals surface area contributed by atoms with Crippen molar-refractivity contribution in [1.29, 1.82) is 0 Å². The second-order valence-electron chi connectivity index (χ2n) is 7.27. The fourth-order valence-electron chi connectivity index (χ4n) is 3.63. The third-order valence-electron chi connectivity index (χ3n) is 4.81. The third-order valence-corrected chi connectivity index (χ3v) is 4.81. The molecule has 0 aromatic heterocycles. The Labute approximate surface area is 168 Å². The van der Waals surface area contributed by atoms with Gasteiger partial charge in [0, 0.05) is 6.54 Å². The lowest BCUT2D eigenvalue weighted by Gasteiger charge is -2.28. The zero-order valence-electron chi connectivity index (χ0n) is 15.9. The molecule has 2 aromatic carbocycles. The van der Waals surface area contributed by atoms with E-state index in [-0.39, 0.29) is 19.0 Å². The highest BCUT2D eigenvalue weighted by molar-refractivity contribution is 5.85. The summed E-state index contributed by atoms with van der Waals surface area (Å²) in [6.45, 7) is 1.06. The van der Waals surface area contributed by atoms with Gasteiger partial charge in [-0.2, -0.15) is 0 Å². The highest BCUT2D eigenvalue weighted by atomic mass is 35.5. The Morgan fingerprint density at radius 2 is 1.89 bits per heavy atom. The minimum absolute atomic E-state index is 0. The summed E-state index contributed by atoms with van der Waals surface area (Å²) in [6, 6.07) is 15.6. The number of allylic oxidation sites excluding steroid dienone is 2. The first-order valence-corrected chi connectivity index (χ1v) is 9.11. The predicted octanol–water partition coefficient (Wildman–Crippen LogP) is 4.74. The topological polar surface area (TPSA) is 43.7 Å². The van der Waals surface area contributed by atoms with Crippen LogP contribution in [0.1, 0.15) is 29.5 Å². The molecule has 0 heterocycles. The molecule has 2 N–H and O–H groups in total. The zero-order chi connectivity index (χ0) is 18.5. The summed E-state index contributed by atoms with van der Waals surface area (Å²) in [4.78, 5) is 2.22. The molecule has 0 fully saturated rings. The molecule has 1 aliphatic rings. The van der Waals surface area contributed by atoms with Gasteiger partial charge in [-0.3, -0.25) is 0 Å². The Morgan fingerprint density at radius 3 is 2.59 bits per heavy atom.